The topological polar surface area (TPSA) is 71.4 Å². The van der Waals surface area contributed by atoms with Crippen molar-refractivity contribution in [2.24, 2.45) is 0 Å². The Morgan fingerprint density at radius 1 is 1.08 bits per heavy atom. The molecule has 0 saturated carbocycles. The summed E-state index contributed by atoms with van der Waals surface area (Å²) in [6.45, 7) is 3.39. The van der Waals surface area contributed by atoms with Crippen LogP contribution in [0.1, 0.15) is 27.2 Å². The van der Waals surface area contributed by atoms with Crippen molar-refractivity contribution in [2.45, 2.75) is 32.8 Å². The Morgan fingerprint density at radius 3 is 1.50 bits per heavy atom. The van der Waals surface area contributed by atoms with Crippen molar-refractivity contribution in [1.29, 1.82) is 0 Å². The van der Waals surface area contributed by atoms with Gasteiger partial charge in [0.05, 0.1) is 0 Å². The van der Waals surface area contributed by atoms with Crippen molar-refractivity contribution < 1.29 is 19.5 Å². The lowest BCUT2D eigenvalue weighted by Crippen LogP contribution is -2.45. The van der Waals surface area contributed by atoms with Gasteiger partial charge in [-0.2, -0.15) is 0 Å². The van der Waals surface area contributed by atoms with Crippen molar-refractivity contribution in [2.75, 3.05) is 0 Å². The van der Waals surface area contributed by atoms with E-state index in [1.54, 1.807) is 0 Å². The van der Waals surface area contributed by atoms with Gasteiger partial charge in [-0.15, -0.1) is 0 Å². The van der Waals surface area contributed by atoms with Crippen LogP contribution in [0, 0.1) is 0 Å². The molecule has 0 aromatic carbocycles. The Morgan fingerprint density at radius 2 is 1.42 bits per heavy atom. The highest BCUT2D eigenvalue weighted by molar-refractivity contribution is 6.10. The van der Waals surface area contributed by atoms with Crippen LogP contribution >= 0.6 is 0 Å². The number of aliphatic hydroxyl groups is 1. The van der Waals surface area contributed by atoms with Gasteiger partial charge in [0.25, 0.3) is 0 Å². The number of hydrogen-bond donors (Lipinski definition) is 1. The van der Waals surface area contributed by atoms with Gasteiger partial charge in [0, 0.05) is 6.42 Å². The zero-order chi connectivity index (χ0) is 9.94. The Balaban J connectivity index is 4.75. The monoisotopic (exact) mass is 172 g/mol. The lowest BCUT2D eigenvalue weighted by atomic mass is 9.89. The lowest BCUT2D eigenvalue weighted by Gasteiger charge is -2.19. The van der Waals surface area contributed by atoms with Crippen LogP contribution in [0.3, 0.4) is 0 Å². The minimum absolute atomic E-state index is 0.386. The normalized spacial score (nSPS) is 11.0. The molecule has 0 heterocycles. The van der Waals surface area contributed by atoms with E-state index < -0.39 is 23.6 Å². The van der Waals surface area contributed by atoms with Crippen molar-refractivity contribution in [3.8, 4) is 0 Å². The highest BCUT2D eigenvalue weighted by Gasteiger charge is 2.38. The summed E-state index contributed by atoms with van der Waals surface area (Å²) in [5.41, 5.74) is -2.11. The fourth-order valence-electron chi connectivity index (χ4n) is 0.857. The zero-order valence-electron chi connectivity index (χ0n) is 7.38. The van der Waals surface area contributed by atoms with E-state index in [1.807, 2.05) is 0 Å². The molecular weight excluding hydrogens is 160 g/mol. The van der Waals surface area contributed by atoms with Crippen LogP contribution in [0.5, 0.6) is 0 Å². The number of rotatable bonds is 4. The number of carbonyl (C=O) groups excluding carboxylic acids is 3. The summed E-state index contributed by atoms with van der Waals surface area (Å²) < 4.78 is 0. The van der Waals surface area contributed by atoms with Crippen molar-refractivity contribution in [1.82, 2.24) is 0 Å². The number of Topliss-reactive ketones (excluding diaryl/α,β-unsaturated/α-hetero) is 3. The largest absolute Gasteiger partial charge is 0.374 e. The van der Waals surface area contributed by atoms with E-state index in [2.05, 4.69) is 0 Å². The molecule has 0 spiro atoms. The second-order valence-corrected chi connectivity index (χ2v) is 2.85. The van der Waals surface area contributed by atoms with Crippen LogP contribution in [-0.4, -0.2) is 28.1 Å². The van der Waals surface area contributed by atoms with Gasteiger partial charge in [0.2, 0.25) is 0 Å². The standard InChI is InChI=1S/C8H12O4/c1-5(9)4-8(12,6(2)10)7(3)11/h12H,4H2,1-3H3. The second kappa shape index (κ2) is 3.58. The molecular formula is C8H12O4. The Kier molecular flexibility index (Phi) is 3.27. The maximum atomic E-state index is 10.8. The number of ketones is 3. The number of carbonyl (C=O) groups is 3. The number of hydrogen-bond acceptors (Lipinski definition) is 4. The van der Waals surface area contributed by atoms with Crippen LogP contribution in [0.2, 0.25) is 0 Å². The van der Waals surface area contributed by atoms with Gasteiger partial charge in [-0.25, -0.2) is 0 Å². The van der Waals surface area contributed by atoms with Crippen molar-refractivity contribution in [3.05, 3.63) is 0 Å². The predicted molar refractivity (Wildman–Crippen MR) is 41.6 cm³/mol. The summed E-state index contributed by atoms with van der Waals surface area (Å²) in [6, 6.07) is 0. The van der Waals surface area contributed by atoms with Crippen LogP contribution in [0.25, 0.3) is 0 Å². The lowest BCUT2D eigenvalue weighted by molar-refractivity contribution is -0.151. The van der Waals surface area contributed by atoms with E-state index in [0.29, 0.717) is 0 Å². The summed E-state index contributed by atoms with van der Waals surface area (Å²) in [6.07, 6.45) is -0.433. The molecule has 0 aliphatic rings. The molecule has 0 atom stereocenters. The van der Waals surface area contributed by atoms with Crippen molar-refractivity contribution in [3.63, 3.8) is 0 Å². The van der Waals surface area contributed by atoms with E-state index in [-0.39, 0.29) is 5.78 Å². The fourth-order valence-corrected chi connectivity index (χ4v) is 0.857. The average molecular weight is 172 g/mol. The van der Waals surface area contributed by atoms with E-state index in [0.717, 1.165) is 13.8 Å². The zero-order valence-corrected chi connectivity index (χ0v) is 7.38. The molecule has 0 saturated heterocycles. The van der Waals surface area contributed by atoms with Crippen LogP contribution in [-0.2, 0) is 14.4 Å². The fraction of sp³-hybridized carbons (Fsp3) is 0.625. The molecule has 0 aliphatic heterocycles. The molecule has 4 heteroatoms. The molecule has 0 aromatic rings. The predicted octanol–water partition coefficient (Wildman–Crippen LogP) is -0.125. The smallest absolute Gasteiger partial charge is 0.187 e. The van der Waals surface area contributed by atoms with Gasteiger partial charge in [-0.05, 0) is 20.8 Å². The third kappa shape index (κ3) is 2.23. The molecule has 0 aliphatic carbocycles. The Bertz CT molecular complexity index is 215. The SMILES string of the molecule is CC(=O)CC(O)(C(C)=O)C(C)=O. The highest BCUT2D eigenvalue weighted by Crippen LogP contribution is 2.13. The molecule has 0 bridgehead atoms. The van der Waals surface area contributed by atoms with Gasteiger partial charge < -0.3 is 5.11 Å². The first-order valence-corrected chi connectivity index (χ1v) is 3.54. The average Bonchev–Trinajstić information content (AvgIpc) is 1.84. The summed E-state index contributed by atoms with van der Waals surface area (Å²) >= 11 is 0. The van der Waals surface area contributed by atoms with Gasteiger partial charge in [0.15, 0.2) is 17.2 Å². The minimum atomic E-state index is -2.11. The summed E-state index contributed by atoms with van der Waals surface area (Å²) in [4.78, 5) is 32.2. The quantitative estimate of drug-likeness (QED) is 0.600. The first kappa shape index (κ1) is 11.0. The van der Waals surface area contributed by atoms with Gasteiger partial charge >= 0.3 is 0 Å². The summed E-state index contributed by atoms with van der Waals surface area (Å²) in [5, 5.41) is 9.42. The van der Waals surface area contributed by atoms with E-state index in [4.69, 9.17) is 0 Å². The molecule has 0 aromatic heterocycles. The molecule has 4 nitrogen and oxygen atoms in total. The van der Waals surface area contributed by atoms with Crippen LogP contribution < -0.4 is 0 Å². The first-order valence-electron chi connectivity index (χ1n) is 3.54. The van der Waals surface area contributed by atoms with E-state index in [1.165, 1.54) is 6.92 Å². The second-order valence-electron chi connectivity index (χ2n) is 2.85. The summed E-state index contributed by atoms with van der Waals surface area (Å²) in [7, 11) is 0. The molecule has 1 N–H and O–H groups in total. The molecule has 12 heavy (non-hydrogen) atoms. The molecule has 68 valence electrons. The van der Waals surface area contributed by atoms with Crippen LogP contribution in [0.15, 0.2) is 0 Å². The Labute approximate surface area is 70.6 Å². The maximum absolute atomic E-state index is 10.8. The first-order chi connectivity index (χ1) is 5.30. The van der Waals surface area contributed by atoms with Gasteiger partial charge in [0.1, 0.15) is 5.78 Å². The van der Waals surface area contributed by atoms with Crippen molar-refractivity contribution >= 4 is 17.3 Å². The van der Waals surface area contributed by atoms with Gasteiger partial charge in [-0.1, -0.05) is 0 Å². The molecule has 0 rings (SSSR count). The Hall–Kier alpha value is -1.03. The third-order valence-electron chi connectivity index (χ3n) is 1.67. The maximum Gasteiger partial charge on any atom is 0.187 e. The minimum Gasteiger partial charge on any atom is -0.374 e. The highest BCUT2D eigenvalue weighted by atomic mass is 16.3. The van der Waals surface area contributed by atoms with Gasteiger partial charge in [-0.3, -0.25) is 14.4 Å². The molecule has 0 unspecified atom stereocenters. The van der Waals surface area contributed by atoms with E-state index in [9.17, 15) is 19.5 Å². The van der Waals surface area contributed by atoms with Crippen LogP contribution in [0.4, 0.5) is 0 Å². The summed E-state index contributed by atoms with van der Waals surface area (Å²) in [5.74, 6) is -1.77. The molecule has 0 amide bonds. The third-order valence-corrected chi connectivity index (χ3v) is 1.67. The molecule has 0 radical (unpaired) electrons. The molecule has 0 fully saturated rings. The van der Waals surface area contributed by atoms with E-state index >= 15 is 0 Å².